The van der Waals surface area contributed by atoms with Gasteiger partial charge in [-0.15, -0.1) is 0 Å². The summed E-state index contributed by atoms with van der Waals surface area (Å²) < 4.78 is 5.36. The van der Waals surface area contributed by atoms with Gasteiger partial charge in [-0.3, -0.25) is 0 Å². The fourth-order valence-electron chi connectivity index (χ4n) is 1.43. The first-order chi connectivity index (χ1) is 5.91. The molecule has 13 heavy (non-hydrogen) atoms. The lowest BCUT2D eigenvalue weighted by Crippen LogP contribution is -2.53. The van der Waals surface area contributed by atoms with Crippen LogP contribution in [0.15, 0.2) is 0 Å². The number of aliphatic hydroxyl groups is 1. The van der Waals surface area contributed by atoms with Crippen LogP contribution in [0.1, 0.15) is 20.3 Å². The molecule has 76 valence electrons. The molecule has 5 heteroatoms. The van der Waals surface area contributed by atoms with E-state index in [0.29, 0.717) is 6.42 Å². The van der Waals surface area contributed by atoms with Gasteiger partial charge in [-0.2, -0.15) is 0 Å². The van der Waals surface area contributed by atoms with Crippen molar-refractivity contribution in [2.75, 3.05) is 6.61 Å². The number of rotatable bonds is 1. The Kier molecular flexibility index (Phi) is 2.77. The Bertz CT molecular complexity index is 204. The third-order valence-electron chi connectivity index (χ3n) is 2.13. The average molecular weight is 189 g/mol. The molecule has 1 rings (SSSR count). The molecule has 2 atom stereocenters. The second-order valence-corrected chi connectivity index (χ2v) is 3.90. The van der Waals surface area contributed by atoms with E-state index in [2.05, 4.69) is 5.32 Å². The highest BCUT2D eigenvalue weighted by Gasteiger charge is 2.35. The molecule has 0 aromatic heterocycles. The van der Waals surface area contributed by atoms with Gasteiger partial charge in [-0.1, -0.05) is 0 Å². The topological polar surface area (TPSA) is 78.8 Å². The summed E-state index contributed by atoms with van der Waals surface area (Å²) in [5.74, 6) is 0. The van der Waals surface area contributed by atoms with Gasteiger partial charge in [0.15, 0.2) is 0 Å². The predicted octanol–water partition coefficient (Wildman–Crippen LogP) is 0.182. The summed E-state index contributed by atoms with van der Waals surface area (Å²) in [6.45, 7) is 3.96. The Hall–Kier alpha value is -0.810. The van der Waals surface area contributed by atoms with Gasteiger partial charge in [0.2, 0.25) is 0 Å². The van der Waals surface area contributed by atoms with E-state index in [0.717, 1.165) is 0 Å². The number of carboxylic acid groups (broad SMARTS) is 1. The molecule has 0 saturated carbocycles. The first-order valence-corrected chi connectivity index (χ1v) is 4.22. The zero-order valence-electron chi connectivity index (χ0n) is 7.78. The Balaban J connectivity index is 2.49. The number of ether oxygens (including phenoxy) is 1. The summed E-state index contributed by atoms with van der Waals surface area (Å²) in [5.41, 5.74) is -0.365. The first kappa shape index (κ1) is 10.3. The third kappa shape index (κ3) is 2.86. The Morgan fingerprint density at radius 2 is 2.23 bits per heavy atom. The lowest BCUT2D eigenvalue weighted by atomic mass is 9.93. The minimum atomic E-state index is -1.13. The van der Waals surface area contributed by atoms with Crippen LogP contribution in [-0.2, 0) is 4.74 Å². The summed E-state index contributed by atoms with van der Waals surface area (Å²) in [6.07, 6.45) is -1.36. The number of amides is 1. The maximum atomic E-state index is 10.3. The van der Waals surface area contributed by atoms with Crippen LogP contribution in [0.4, 0.5) is 4.79 Å². The van der Waals surface area contributed by atoms with Crippen molar-refractivity contribution in [2.24, 2.45) is 0 Å². The van der Waals surface area contributed by atoms with E-state index in [1.54, 1.807) is 0 Å². The maximum Gasteiger partial charge on any atom is 0.405 e. The van der Waals surface area contributed by atoms with Crippen molar-refractivity contribution >= 4 is 6.09 Å². The normalized spacial score (nSPS) is 32.5. The standard InChI is InChI=1S/C8H15NO4/c1-8(2)3-6(10)5(4-13-8)9-7(11)12/h5-6,9-10H,3-4H2,1-2H3,(H,11,12)/t5-,6-/m0/s1. The van der Waals surface area contributed by atoms with Crippen LogP contribution in [0.5, 0.6) is 0 Å². The zero-order chi connectivity index (χ0) is 10.1. The predicted molar refractivity (Wildman–Crippen MR) is 45.6 cm³/mol. The highest BCUT2D eigenvalue weighted by atomic mass is 16.5. The Morgan fingerprint density at radius 1 is 1.62 bits per heavy atom. The quantitative estimate of drug-likeness (QED) is 0.550. The molecule has 1 amide bonds. The molecule has 0 aromatic rings. The minimum Gasteiger partial charge on any atom is -0.465 e. The van der Waals surface area contributed by atoms with Gasteiger partial charge in [-0.25, -0.2) is 4.79 Å². The smallest absolute Gasteiger partial charge is 0.405 e. The first-order valence-electron chi connectivity index (χ1n) is 4.22. The molecule has 0 aromatic carbocycles. The molecule has 1 aliphatic rings. The largest absolute Gasteiger partial charge is 0.465 e. The van der Waals surface area contributed by atoms with Crippen molar-refractivity contribution in [3.63, 3.8) is 0 Å². The molecule has 0 aliphatic carbocycles. The van der Waals surface area contributed by atoms with E-state index in [1.165, 1.54) is 0 Å². The number of aliphatic hydroxyl groups excluding tert-OH is 1. The summed E-state index contributed by atoms with van der Waals surface area (Å²) in [5, 5.41) is 20.2. The lowest BCUT2D eigenvalue weighted by Gasteiger charge is -2.38. The molecule has 1 fully saturated rings. The van der Waals surface area contributed by atoms with Gasteiger partial charge in [0, 0.05) is 6.42 Å². The molecule has 0 radical (unpaired) electrons. The summed E-state index contributed by atoms with van der Waals surface area (Å²) >= 11 is 0. The van der Waals surface area contributed by atoms with Crippen molar-refractivity contribution in [3.05, 3.63) is 0 Å². The van der Waals surface area contributed by atoms with Crippen LogP contribution in [0, 0.1) is 0 Å². The van der Waals surface area contributed by atoms with Crippen molar-refractivity contribution in [1.29, 1.82) is 0 Å². The van der Waals surface area contributed by atoms with Crippen LogP contribution >= 0.6 is 0 Å². The molecular formula is C8H15NO4. The van der Waals surface area contributed by atoms with E-state index in [4.69, 9.17) is 9.84 Å². The summed E-state index contributed by atoms with van der Waals surface area (Å²) in [6, 6.07) is -0.509. The van der Waals surface area contributed by atoms with E-state index < -0.39 is 18.2 Å². The van der Waals surface area contributed by atoms with Crippen molar-refractivity contribution < 1.29 is 19.7 Å². The van der Waals surface area contributed by atoms with Gasteiger partial charge in [-0.05, 0) is 13.8 Å². The van der Waals surface area contributed by atoms with Crippen LogP contribution in [0.3, 0.4) is 0 Å². The molecule has 0 spiro atoms. The second-order valence-electron chi connectivity index (χ2n) is 3.90. The fourth-order valence-corrected chi connectivity index (χ4v) is 1.43. The summed E-state index contributed by atoms with van der Waals surface area (Å²) in [4.78, 5) is 10.3. The van der Waals surface area contributed by atoms with Gasteiger partial charge in [0.05, 0.1) is 24.4 Å². The number of hydrogen-bond acceptors (Lipinski definition) is 3. The highest BCUT2D eigenvalue weighted by Crippen LogP contribution is 2.24. The molecule has 1 saturated heterocycles. The number of nitrogens with one attached hydrogen (secondary N) is 1. The van der Waals surface area contributed by atoms with Crippen LogP contribution in [0.25, 0.3) is 0 Å². The zero-order valence-corrected chi connectivity index (χ0v) is 7.78. The molecule has 0 unspecified atom stereocenters. The molecule has 5 nitrogen and oxygen atoms in total. The van der Waals surface area contributed by atoms with Crippen molar-refractivity contribution in [1.82, 2.24) is 5.32 Å². The number of hydrogen-bond donors (Lipinski definition) is 3. The van der Waals surface area contributed by atoms with Gasteiger partial charge >= 0.3 is 6.09 Å². The highest BCUT2D eigenvalue weighted by molar-refractivity contribution is 5.65. The minimum absolute atomic E-state index is 0.223. The van der Waals surface area contributed by atoms with Crippen LogP contribution in [-0.4, -0.2) is 40.7 Å². The van der Waals surface area contributed by atoms with Crippen molar-refractivity contribution in [3.8, 4) is 0 Å². The average Bonchev–Trinajstić information content (AvgIpc) is 1.93. The lowest BCUT2D eigenvalue weighted by molar-refractivity contribution is -0.112. The Morgan fingerprint density at radius 3 is 2.69 bits per heavy atom. The van der Waals surface area contributed by atoms with Crippen LogP contribution in [0.2, 0.25) is 0 Å². The molecule has 0 bridgehead atoms. The van der Waals surface area contributed by atoms with E-state index in [1.807, 2.05) is 13.8 Å². The van der Waals surface area contributed by atoms with Crippen molar-refractivity contribution in [2.45, 2.75) is 38.0 Å². The van der Waals surface area contributed by atoms with E-state index in [-0.39, 0.29) is 12.2 Å². The summed E-state index contributed by atoms with van der Waals surface area (Å²) in [7, 11) is 0. The molecule has 3 N–H and O–H groups in total. The maximum absolute atomic E-state index is 10.3. The second kappa shape index (κ2) is 3.51. The van der Waals surface area contributed by atoms with E-state index in [9.17, 15) is 9.90 Å². The van der Waals surface area contributed by atoms with Gasteiger partial charge in [0.1, 0.15) is 0 Å². The van der Waals surface area contributed by atoms with Crippen LogP contribution < -0.4 is 5.32 Å². The molecule has 1 aliphatic heterocycles. The van der Waals surface area contributed by atoms with E-state index >= 15 is 0 Å². The fraction of sp³-hybridized carbons (Fsp3) is 0.875. The molecule has 1 heterocycles. The van der Waals surface area contributed by atoms with Gasteiger partial charge < -0.3 is 20.3 Å². The molecular weight excluding hydrogens is 174 g/mol. The Labute approximate surface area is 76.7 Å². The third-order valence-corrected chi connectivity index (χ3v) is 2.13. The van der Waals surface area contributed by atoms with Gasteiger partial charge in [0.25, 0.3) is 0 Å². The monoisotopic (exact) mass is 189 g/mol. The SMILES string of the molecule is CC1(C)C[C@H](O)[C@@H](NC(=O)O)CO1. The number of carbonyl (C=O) groups is 1.